The predicted octanol–water partition coefficient (Wildman–Crippen LogP) is 5.20. The van der Waals surface area contributed by atoms with E-state index in [1.165, 1.54) is 11.1 Å². The Balaban J connectivity index is 1.31. The first kappa shape index (κ1) is 19.8. The largest absolute Gasteiger partial charge is 0.474 e. The fourth-order valence-electron chi connectivity index (χ4n) is 5.30. The van der Waals surface area contributed by atoms with Crippen molar-refractivity contribution in [2.45, 2.75) is 56.2 Å². The van der Waals surface area contributed by atoms with Crippen molar-refractivity contribution in [1.82, 2.24) is 9.88 Å². The Bertz CT molecular complexity index is 940. The summed E-state index contributed by atoms with van der Waals surface area (Å²) in [6.07, 6.45) is 6.32. The molecular weight excluding hydrogens is 384 g/mol. The van der Waals surface area contributed by atoms with Gasteiger partial charge in [-0.2, -0.15) is 0 Å². The van der Waals surface area contributed by atoms with Crippen molar-refractivity contribution in [3.8, 4) is 5.88 Å². The minimum Gasteiger partial charge on any atom is -0.474 e. The van der Waals surface area contributed by atoms with Crippen molar-refractivity contribution in [1.29, 1.82) is 0 Å². The summed E-state index contributed by atoms with van der Waals surface area (Å²) in [5.74, 6) is 1.03. The first-order valence-corrected chi connectivity index (χ1v) is 11.3. The van der Waals surface area contributed by atoms with Crippen LogP contribution in [0.4, 0.5) is 0 Å². The smallest absolute Gasteiger partial charge is 0.224 e. The van der Waals surface area contributed by atoms with E-state index in [9.17, 15) is 4.79 Å². The van der Waals surface area contributed by atoms with E-state index in [0.29, 0.717) is 12.3 Å². The second kappa shape index (κ2) is 8.93. The molecule has 2 bridgehead atoms. The molecule has 1 aromatic heterocycles. The van der Waals surface area contributed by atoms with Gasteiger partial charge in [-0.05, 0) is 30.0 Å². The molecule has 0 radical (unpaired) electrons. The van der Waals surface area contributed by atoms with Crippen molar-refractivity contribution < 1.29 is 9.53 Å². The molecule has 2 atom stereocenters. The second-order valence-corrected chi connectivity index (χ2v) is 8.64. The van der Waals surface area contributed by atoms with E-state index in [0.717, 1.165) is 25.7 Å². The van der Waals surface area contributed by atoms with Crippen LogP contribution in [0.1, 0.15) is 49.1 Å². The summed E-state index contributed by atoms with van der Waals surface area (Å²) in [5.41, 5.74) is 2.39. The minimum absolute atomic E-state index is 0.0804. The lowest BCUT2D eigenvalue weighted by atomic mass is 9.87. The third kappa shape index (κ3) is 4.34. The third-order valence-electron chi connectivity index (χ3n) is 6.69. The highest BCUT2D eigenvalue weighted by molar-refractivity contribution is 5.79. The number of hydrogen-bond donors (Lipinski definition) is 0. The number of fused-ring (bicyclic) bond motifs is 2. The molecule has 2 unspecified atom stereocenters. The molecule has 2 saturated heterocycles. The predicted molar refractivity (Wildman–Crippen MR) is 121 cm³/mol. The Labute approximate surface area is 183 Å². The van der Waals surface area contributed by atoms with E-state index in [-0.39, 0.29) is 30.0 Å². The van der Waals surface area contributed by atoms with Gasteiger partial charge in [0.25, 0.3) is 0 Å². The topological polar surface area (TPSA) is 42.4 Å². The Morgan fingerprint density at radius 2 is 1.45 bits per heavy atom. The highest BCUT2D eigenvalue weighted by Crippen LogP contribution is 2.39. The molecule has 4 heteroatoms. The van der Waals surface area contributed by atoms with Gasteiger partial charge in [0.05, 0.1) is 0 Å². The molecule has 0 N–H and O–H groups in total. The lowest BCUT2D eigenvalue weighted by Gasteiger charge is -2.39. The van der Waals surface area contributed by atoms with E-state index in [1.54, 1.807) is 6.20 Å². The number of carbonyl (C=O) groups excluding carboxylic acids is 1. The zero-order valence-electron chi connectivity index (χ0n) is 17.6. The molecule has 0 aliphatic carbocycles. The van der Waals surface area contributed by atoms with Crippen molar-refractivity contribution in [2.75, 3.05) is 0 Å². The van der Waals surface area contributed by atoms with Crippen LogP contribution < -0.4 is 4.74 Å². The molecule has 3 aromatic rings. The molecule has 158 valence electrons. The summed E-state index contributed by atoms with van der Waals surface area (Å²) in [4.78, 5) is 20.0. The van der Waals surface area contributed by atoms with E-state index in [4.69, 9.17) is 4.74 Å². The van der Waals surface area contributed by atoms with E-state index in [1.807, 2.05) is 30.3 Å². The number of benzene rings is 2. The number of aromatic nitrogens is 1. The van der Waals surface area contributed by atoms with Crippen LogP contribution >= 0.6 is 0 Å². The van der Waals surface area contributed by atoms with Gasteiger partial charge >= 0.3 is 0 Å². The van der Waals surface area contributed by atoms with Crippen molar-refractivity contribution in [3.05, 3.63) is 96.2 Å². The van der Waals surface area contributed by atoms with Crippen LogP contribution in [0.2, 0.25) is 0 Å². The number of nitrogens with zero attached hydrogens (tertiary/aromatic N) is 2. The molecule has 3 heterocycles. The quantitative estimate of drug-likeness (QED) is 0.558. The molecule has 1 amide bonds. The number of piperidine rings is 1. The van der Waals surface area contributed by atoms with Crippen LogP contribution in [0.25, 0.3) is 0 Å². The maximum atomic E-state index is 13.6. The summed E-state index contributed by atoms with van der Waals surface area (Å²) in [7, 11) is 0. The SMILES string of the molecule is O=C(CC(c1ccccc1)c1ccccc1)N1C2CCC1CC(Oc1ccccn1)C2. The number of hydrogen-bond acceptors (Lipinski definition) is 3. The molecule has 5 rings (SSSR count). The average molecular weight is 413 g/mol. The Morgan fingerprint density at radius 3 is 2.00 bits per heavy atom. The lowest BCUT2D eigenvalue weighted by Crippen LogP contribution is -2.49. The third-order valence-corrected chi connectivity index (χ3v) is 6.69. The van der Waals surface area contributed by atoms with Crippen LogP contribution in [-0.2, 0) is 4.79 Å². The Morgan fingerprint density at radius 1 is 0.871 bits per heavy atom. The van der Waals surface area contributed by atoms with Crippen LogP contribution in [0.15, 0.2) is 85.1 Å². The maximum Gasteiger partial charge on any atom is 0.224 e. The van der Waals surface area contributed by atoms with E-state index in [2.05, 4.69) is 58.4 Å². The maximum absolute atomic E-state index is 13.6. The average Bonchev–Trinajstić information content (AvgIpc) is 3.10. The van der Waals surface area contributed by atoms with Crippen molar-refractivity contribution >= 4 is 5.91 Å². The van der Waals surface area contributed by atoms with Gasteiger partial charge in [-0.3, -0.25) is 4.79 Å². The normalized spacial score (nSPS) is 22.5. The van der Waals surface area contributed by atoms with Crippen molar-refractivity contribution in [2.24, 2.45) is 0 Å². The van der Waals surface area contributed by atoms with Gasteiger partial charge in [-0.25, -0.2) is 4.98 Å². The fraction of sp³-hybridized carbons (Fsp3) is 0.333. The van der Waals surface area contributed by atoms with Gasteiger partial charge in [-0.1, -0.05) is 66.7 Å². The second-order valence-electron chi connectivity index (χ2n) is 8.64. The van der Waals surface area contributed by atoms with Crippen LogP contribution in [0, 0.1) is 0 Å². The number of ether oxygens (including phenoxy) is 1. The first-order valence-electron chi connectivity index (χ1n) is 11.3. The molecular formula is C27H28N2O2. The molecule has 0 spiro atoms. The molecule has 4 nitrogen and oxygen atoms in total. The molecule has 2 fully saturated rings. The molecule has 2 aliphatic rings. The minimum atomic E-state index is 0.0804. The fourth-order valence-corrected chi connectivity index (χ4v) is 5.30. The van der Waals surface area contributed by atoms with E-state index < -0.39 is 0 Å². The van der Waals surface area contributed by atoms with Gasteiger partial charge in [0, 0.05) is 49.5 Å². The van der Waals surface area contributed by atoms with Gasteiger partial charge in [0.15, 0.2) is 0 Å². The van der Waals surface area contributed by atoms with Gasteiger partial charge in [0.2, 0.25) is 11.8 Å². The lowest BCUT2D eigenvalue weighted by molar-refractivity contribution is -0.137. The summed E-state index contributed by atoms with van der Waals surface area (Å²) in [6, 6.07) is 27.1. The van der Waals surface area contributed by atoms with Gasteiger partial charge in [0.1, 0.15) is 6.10 Å². The molecule has 2 aliphatic heterocycles. The summed E-state index contributed by atoms with van der Waals surface area (Å²) < 4.78 is 6.13. The first-order chi connectivity index (χ1) is 15.3. The monoisotopic (exact) mass is 412 g/mol. The Kier molecular flexibility index (Phi) is 5.70. The van der Waals surface area contributed by atoms with Crippen molar-refractivity contribution in [3.63, 3.8) is 0 Å². The van der Waals surface area contributed by atoms with Gasteiger partial charge in [-0.15, -0.1) is 0 Å². The zero-order chi connectivity index (χ0) is 21.0. The molecule has 2 aromatic carbocycles. The molecule has 0 saturated carbocycles. The van der Waals surface area contributed by atoms with Crippen LogP contribution in [0.3, 0.4) is 0 Å². The summed E-state index contributed by atoms with van der Waals surface area (Å²) in [6.45, 7) is 0. The summed E-state index contributed by atoms with van der Waals surface area (Å²) >= 11 is 0. The number of amides is 1. The highest BCUT2D eigenvalue weighted by atomic mass is 16.5. The summed E-state index contributed by atoms with van der Waals surface area (Å²) in [5, 5.41) is 0. The number of carbonyl (C=O) groups is 1. The molecule has 31 heavy (non-hydrogen) atoms. The standard InChI is InChI=1S/C27H28N2O2/c30-27(19-25(20-9-3-1-4-10-20)21-11-5-2-6-12-21)29-22-14-15-23(29)18-24(17-22)31-26-13-7-8-16-28-26/h1-13,16,22-25H,14-15,17-19H2. The number of pyridine rings is 1. The van der Waals surface area contributed by atoms with Crippen LogP contribution in [0.5, 0.6) is 5.88 Å². The van der Waals surface area contributed by atoms with Gasteiger partial charge < -0.3 is 9.64 Å². The van der Waals surface area contributed by atoms with E-state index >= 15 is 0 Å². The zero-order valence-corrected chi connectivity index (χ0v) is 17.6. The van der Waals surface area contributed by atoms with Crippen LogP contribution in [-0.4, -0.2) is 34.0 Å². The highest BCUT2D eigenvalue weighted by Gasteiger charge is 2.44. The Hall–Kier alpha value is -3.14. The number of rotatable bonds is 6.